The van der Waals surface area contributed by atoms with Gasteiger partial charge in [-0.2, -0.15) is 0 Å². The molecule has 0 bridgehead atoms. The minimum Gasteiger partial charge on any atom is -0.356 e. The van der Waals surface area contributed by atoms with E-state index in [0.717, 1.165) is 11.4 Å². The maximum absolute atomic E-state index is 11.5. The first-order valence-electron chi connectivity index (χ1n) is 4.75. The van der Waals surface area contributed by atoms with Crippen LogP contribution in [-0.2, 0) is 0 Å². The molecule has 0 aliphatic rings. The molecule has 2 heteroatoms. The van der Waals surface area contributed by atoms with Gasteiger partial charge < -0.3 is 4.98 Å². The summed E-state index contributed by atoms with van der Waals surface area (Å²) in [6.45, 7) is 8.04. The van der Waals surface area contributed by atoms with Gasteiger partial charge in [0, 0.05) is 11.6 Å². The molecule has 0 unspecified atom stereocenters. The lowest BCUT2D eigenvalue weighted by Gasteiger charge is -2.02. The van der Waals surface area contributed by atoms with Crippen LogP contribution in [0.25, 0.3) is 0 Å². The smallest absolute Gasteiger partial charge is 0.181 e. The van der Waals surface area contributed by atoms with E-state index in [1.807, 2.05) is 26.0 Å². The number of aromatic amines is 1. The third kappa shape index (κ3) is 2.20. The van der Waals surface area contributed by atoms with Gasteiger partial charge in [-0.3, -0.25) is 4.79 Å². The van der Waals surface area contributed by atoms with Crippen molar-refractivity contribution in [2.75, 3.05) is 0 Å². The number of nitrogens with one attached hydrogen (secondary N) is 1. The normalized spacial score (nSPS) is 11.2. The van der Waals surface area contributed by atoms with Gasteiger partial charge in [-0.1, -0.05) is 27.7 Å². The molecular weight excluding hydrogens is 162 g/mol. The summed E-state index contributed by atoms with van der Waals surface area (Å²) in [6.07, 6.45) is 0. The second kappa shape index (κ2) is 3.77. The molecule has 0 saturated heterocycles. The molecule has 0 radical (unpaired) electrons. The average Bonchev–Trinajstić information content (AvgIpc) is 2.50. The number of hydrogen-bond acceptors (Lipinski definition) is 1. The second-order valence-electron chi connectivity index (χ2n) is 4.00. The number of ketones is 1. The fourth-order valence-corrected chi connectivity index (χ4v) is 1.20. The number of carbonyl (C=O) groups excluding carboxylic acids is 1. The van der Waals surface area contributed by atoms with Crippen molar-refractivity contribution in [1.29, 1.82) is 0 Å². The zero-order chi connectivity index (χ0) is 10.0. The van der Waals surface area contributed by atoms with E-state index in [4.69, 9.17) is 0 Å². The van der Waals surface area contributed by atoms with Crippen LogP contribution in [0.3, 0.4) is 0 Å². The lowest BCUT2D eigenvalue weighted by molar-refractivity contribution is 0.0935. The van der Waals surface area contributed by atoms with E-state index in [0.29, 0.717) is 5.92 Å². The highest BCUT2D eigenvalue weighted by Gasteiger charge is 2.12. The Morgan fingerprint density at radius 2 is 1.85 bits per heavy atom. The number of aromatic nitrogens is 1. The minimum atomic E-state index is 0.0682. The summed E-state index contributed by atoms with van der Waals surface area (Å²) < 4.78 is 0. The Hall–Kier alpha value is -1.05. The van der Waals surface area contributed by atoms with Crippen LogP contribution >= 0.6 is 0 Å². The van der Waals surface area contributed by atoms with Crippen molar-refractivity contribution < 1.29 is 4.79 Å². The predicted octanol–water partition coefficient (Wildman–Crippen LogP) is 2.98. The zero-order valence-electron chi connectivity index (χ0n) is 8.72. The van der Waals surface area contributed by atoms with Gasteiger partial charge in [0.1, 0.15) is 0 Å². The molecule has 1 aromatic heterocycles. The van der Waals surface area contributed by atoms with E-state index < -0.39 is 0 Å². The molecular formula is C11H17NO. The Morgan fingerprint density at radius 3 is 2.23 bits per heavy atom. The number of rotatable bonds is 3. The topological polar surface area (TPSA) is 32.9 Å². The second-order valence-corrected chi connectivity index (χ2v) is 4.00. The van der Waals surface area contributed by atoms with Crippen LogP contribution in [0.1, 0.15) is 49.8 Å². The summed E-state index contributed by atoms with van der Waals surface area (Å²) in [7, 11) is 0. The molecule has 1 aromatic rings. The summed E-state index contributed by atoms with van der Waals surface area (Å²) in [5.41, 5.74) is 1.86. The van der Waals surface area contributed by atoms with E-state index in [2.05, 4.69) is 18.8 Å². The molecule has 1 N–H and O–H groups in total. The summed E-state index contributed by atoms with van der Waals surface area (Å²) >= 11 is 0. The maximum atomic E-state index is 11.5. The largest absolute Gasteiger partial charge is 0.356 e. The van der Waals surface area contributed by atoms with Crippen molar-refractivity contribution >= 4 is 5.78 Å². The van der Waals surface area contributed by atoms with Crippen LogP contribution in [0.4, 0.5) is 0 Å². The standard InChI is InChI=1S/C11H17NO/c1-7(2)9-5-6-10(12-9)11(13)8(3)4/h5-8,12H,1-4H3. The van der Waals surface area contributed by atoms with Crippen LogP contribution in [0.2, 0.25) is 0 Å². The Balaban J connectivity index is 2.86. The molecule has 13 heavy (non-hydrogen) atoms. The molecule has 0 aliphatic carbocycles. The molecule has 72 valence electrons. The SMILES string of the molecule is CC(C)C(=O)c1ccc(C(C)C)[nH]1. The van der Waals surface area contributed by atoms with Crippen LogP contribution in [-0.4, -0.2) is 10.8 Å². The molecule has 0 saturated carbocycles. The Bertz CT molecular complexity index is 297. The summed E-state index contributed by atoms with van der Waals surface area (Å²) in [4.78, 5) is 14.7. The lowest BCUT2D eigenvalue weighted by atomic mass is 10.1. The van der Waals surface area contributed by atoms with E-state index in [1.165, 1.54) is 0 Å². The van der Waals surface area contributed by atoms with Crippen molar-refractivity contribution in [3.63, 3.8) is 0 Å². The summed E-state index contributed by atoms with van der Waals surface area (Å²) in [5.74, 6) is 0.708. The van der Waals surface area contributed by atoms with Crippen molar-refractivity contribution in [3.8, 4) is 0 Å². The van der Waals surface area contributed by atoms with Crippen molar-refractivity contribution in [1.82, 2.24) is 4.98 Å². The van der Waals surface area contributed by atoms with Crippen molar-refractivity contribution in [2.24, 2.45) is 5.92 Å². The average molecular weight is 179 g/mol. The molecule has 0 aliphatic heterocycles. The van der Waals surface area contributed by atoms with Crippen molar-refractivity contribution in [3.05, 3.63) is 23.5 Å². The highest BCUT2D eigenvalue weighted by Crippen LogP contribution is 2.15. The molecule has 2 nitrogen and oxygen atoms in total. The maximum Gasteiger partial charge on any atom is 0.181 e. The first-order chi connectivity index (χ1) is 6.02. The third-order valence-electron chi connectivity index (χ3n) is 2.12. The van der Waals surface area contributed by atoms with E-state index in [-0.39, 0.29) is 11.7 Å². The molecule has 0 atom stereocenters. The number of Topliss-reactive ketones (excluding diaryl/α,β-unsaturated/α-hetero) is 1. The van der Waals surface area contributed by atoms with Gasteiger partial charge >= 0.3 is 0 Å². The molecule has 1 heterocycles. The highest BCUT2D eigenvalue weighted by atomic mass is 16.1. The van der Waals surface area contributed by atoms with Gasteiger partial charge in [-0.25, -0.2) is 0 Å². The molecule has 1 rings (SSSR count). The molecule has 0 aromatic carbocycles. The van der Waals surface area contributed by atoms with Gasteiger partial charge in [-0.05, 0) is 18.1 Å². The van der Waals surface area contributed by atoms with Gasteiger partial charge in [-0.15, -0.1) is 0 Å². The molecule has 0 spiro atoms. The minimum absolute atomic E-state index is 0.0682. The van der Waals surface area contributed by atoms with Crippen LogP contribution in [0, 0.1) is 5.92 Å². The number of hydrogen-bond donors (Lipinski definition) is 1. The summed E-state index contributed by atoms with van der Waals surface area (Å²) in [6, 6.07) is 3.86. The third-order valence-corrected chi connectivity index (χ3v) is 2.12. The molecule has 0 fully saturated rings. The van der Waals surface area contributed by atoms with Gasteiger partial charge in [0.15, 0.2) is 5.78 Å². The number of carbonyl (C=O) groups is 1. The van der Waals surface area contributed by atoms with Crippen LogP contribution < -0.4 is 0 Å². The van der Waals surface area contributed by atoms with Gasteiger partial charge in [0.25, 0.3) is 0 Å². The lowest BCUT2D eigenvalue weighted by Crippen LogP contribution is -2.07. The molecule has 0 amide bonds. The predicted molar refractivity (Wildman–Crippen MR) is 54.1 cm³/mol. The van der Waals surface area contributed by atoms with Crippen LogP contribution in [0.5, 0.6) is 0 Å². The van der Waals surface area contributed by atoms with Gasteiger partial charge in [0.2, 0.25) is 0 Å². The first kappa shape index (κ1) is 10.0. The summed E-state index contributed by atoms with van der Waals surface area (Å²) in [5, 5.41) is 0. The fraction of sp³-hybridized carbons (Fsp3) is 0.545. The van der Waals surface area contributed by atoms with Crippen molar-refractivity contribution in [2.45, 2.75) is 33.6 Å². The van der Waals surface area contributed by atoms with E-state index in [1.54, 1.807) is 0 Å². The van der Waals surface area contributed by atoms with Gasteiger partial charge in [0.05, 0.1) is 5.69 Å². The Labute approximate surface area is 79.4 Å². The Morgan fingerprint density at radius 1 is 1.23 bits per heavy atom. The monoisotopic (exact) mass is 179 g/mol. The zero-order valence-corrected chi connectivity index (χ0v) is 8.72. The van der Waals surface area contributed by atoms with E-state index >= 15 is 0 Å². The Kier molecular flexibility index (Phi) is 2.91. The first-order valence-corrected chi connectivity index (χ1v) is 4.75. The van der Waals surface area contributed by atoms with Crippen LogP contribution in [0.15, 0.2) is 12.1 Å². The highest BCUT2D eigenvalue weighted by molar-refractivity contribution is 5.95. The number of H-pyrrole nitrogens is 1. The van der Waals surface area contributed by atoms with E-state index in [9.17, 15) is 4.79 Å². The fourth-order valence-electron chi connectivity index (χ4n) is 1.20. The quantitative estimate of drug-likeness (QED) is 0.711.